The predicted molar refractivity (Wildman–Crippen MR) is 125 cm³/mol. The van der Waals surface area contributed by atoms with Gasteiger partial charge in [0.2, 0.25) is 5.91 Å². The molecule has 0 aliphatic heterocycles. The van der Waals surface area contributed by atoms with E-state index in [1.807, 2.05) is 12.1 Å². The number of ether oxygens (including phenoxy) is 1. The first-order valence-electron chi connectivity index (χ1n) is 11.3. The fourth-order valence-electron chi connectivity index (χ4n) is 4.10. The molecule has 1 heterocycles. The second kappa shape index (κ2) is 11.2. The van der Waals surface area contributed by atoms with E-state index in [2.05, 4.69) is 74.5 Å². The molecule has 0 aliphatic carbocycles. The van der Waals surface area contributed by atoms with Crippen LogP contribution in [-0.4, -0.2) is 29.0 Å². The number of carbonyl (C=O) groups excluding carboxylic acids is 1. The van der Waals surface area contributed by atoms with E-state index in [9.17, 15) is 4.79 Å². The Morgan fingerprint density at radius 2 is 1.97 bits per heavy atom. The molecule has 4 heteroatoms. The Kier molecular flexibility index (Phi) is 9.01. The van der Waals surface area contributed by atoms with Crippen LogP contribution in [0.3, 0.4) is 0 Å². The van der Waals surface area contributed by atoms with Gasteiger partial charge in [-0.3, -0.25) is 4.79 Å². The zero-order valence-electron chi connectivity index (χ0n) is 19.8. The van der Waals surface area contributed by atoms with Crippen molar-refractivity contribution in [2.24, 2.45) is 11.3 Å². The first kappa shape index (κ1) is 24.0. The molecule has 4 nitrogen and oxygen atoms in total. The van der Waals surface area contributed by atoms with E-state index < -0.39 is 0 Å². The summed E-state index contributed by atoms with van der Waals surface area (Å²) in [5.41, 5.74) is 2.61. The van der Waals surface area contributed by atoms with E-state index in [0.29, 0.717) is 18.9 Å². The van der Waals surface area contributed by atoms with Crippen molar-refractivity contribution >= 4 is 5.91 Å². The number of carbonyl (C=O) groups is 1. The van der Waals surface area contributed by atoms with Crippen LogP contribution in [0.5, 0.6) is 5.75 Å². The number of amides is 1. The number of hydrogen-bond acceptors (Lipinski definition) is 2. The maximum Gasteiger partial charge on any atom is 0.223 e. The molecule has 0 saturated heterocycles. The van der Waals surface area contributed by atoms with E-state index in [-0.39, 0.29) is 11.3 Å². The summed E-state index contributed by atoms with van der Waals surface area (Å²) in [5, 5.41) is 0. The first-order chi connectivity index (χ1) is 14.2. The van der Waals surface area contributed by atoms with E-state index in [4.69, 9.17) is 4.74 Å². The fourth-order valence-corrected chi connectivity index (χ4v) is 4.10. The summed E-state index contributed by atoms with van der Waals surface area (Å²) in [7, 11) is 1.69. The third-order valence-electron chi connectivity index (χ3n) is 5.38. The smallest absolute Gasteiger partial charge is 0.223 e. The Hall–Kier alpha value is -2.23. The van der Waals surface area contributed by atoms with Crippen molar-refractivity contribution in [3.05, 3.63) is 53.9 Å². The minimum atomic E-state index is 0.249. The molecule has 0 unspecified atom stereocenters. The molecule has 166 valence electrons. The molecule has 0 saturated carbocycles. The molecule has 0 fully saturated rings. The van der Waals surface area contributed by atoms with Crippen LogP contribution >= 0.6 is 0 Å². The number of rotatable bonds is 11. The zero-order chi connectivity index (χ0) is 22.1. The molecule has 0 spiro atoms. The minimum Gasteiger partial charge on any atom is -0.497 e. The van der Waals surface area contributed by atoms with Crippen LogP contribution in [0.15, 0.2) is 42.6 Å². The van der Waals surface area contributed by atoms with Crippen molar-refractivity contribution in [2.45, 2.75) is 73.4 Å². The monoisotopic (exact) mass is 412 g/mol. The molecule has 0 aliphatic rings. The van der Waals surface area contributed by atoms with Gasteiger partial charge in [0, 0.05) is 31.4 Å². The summed E-state index contributed by atoms with van der Waals surface area (Å²) >= 11 is 0. The third kappa shape index (κ3) is 7.89. The Morgan fingerprint density at radius 3 is 2.63 bits per heavy atom. The summed E-state index contributed by atoms with van der Waals surface area (Å²) < 4.78 is 7.59. The van der Waals surface area contributed by atoms with Crippen LogP contribution in [0.2, 0.25) is 0 Å². The maximum atomic E-state index is 13.1. The summed E-state index contributed by atoms with van der Waals surface area (Å²) in [6.07, 6.45) is 5.91. The van der Waals surface area contributed by atoms with Gasteiger partial charge in [0.1, 0.15) is 5.75 Å². The van der Waals surface area contributed by atoms with Crippen LogP contribution < -0.4 is 4.74 Å². The standard InChI is InChI=1S/C26H40N2O2/c1-7-8-14-28(25(29)16-21(2)18-26(3,4)5)20-23-12-10-15-27(23)19-22-11-9-13-24(17-22)30-6/h9-13,15,17,21H,7-8,14,16,18-20H2,1-6H3/t21-/m0/s1. The Labute approximate surface area is 183 Å². The summed E-state index contributed by atoms with van der Waals surface area (Å²) in [4.78, 5) is 15.2. The van der Waals surface area contributed by atoms with Gasteiger partial charge < -0.3 is 14.2 Å². The predicted octanol–water partition coefficient (Wildman–Crippen LogP) is 6.14. The van der Waals surface area contributed by atoms with Gasteiger partial charge in [-0.15, -0.1) is 0 Å². The van der Waals surface area contributed by atoms with Crippen LogP contribution in [0.4, 0.5) is 0 Å². The normalized spacial score (nSPS) is 12.6. The molecule has 0 bridgehead atoms. The average Bonchev–Trinajstić information content (AvgIpc) is 3.10. The zero-order valence-corrected chi connectivity index (χ0v) is 19.8. The van der Waals surface area contributed by atoms with Crippen molar-refractivity contribution in [3.63, 3.8) is 0 Å². The summed E-state index contributed by atoms with van der Waals surface area (Å²) in [6, 6.07) is 12.4. The Balaban J connectivity index is 2.09. The number of unbranched alkanes of at least 4 members (excludes halogenated alkanes) is 1. The third-order valence-corrected chi connectivity index (χ3v) is 5.38. The van der Waals surface area contributed by atoms with Crippen molar-refractivity contribution in [2.75, 3.05) is 13.7 Å². The SMILES string of the molecule is CCCCN(Cc1cccn1Cc1cccc(OC)c1)C(=O)C[C@H](C)CC(C)(C)C. The van der Waals surface area contributed by atoms with E-state index in [0.717, 1.165) is 38.1 Å². The van der Waals surface area contributed by atoms with Gasteiger partial charge in [-0.25, -0.2) is 0 Å². The Bertz CT molecular complexity index is 788. The largest absolute Gasteiger partial charge is 0.497 e. The quantitative estimate of drug-likeness (QED) is 0.444. The average molecular weight is 413 g/mol. The minimum absolute atomic E-state index is 0.249. The van der Waals surface area contributed by atoms with Crippen LogP contribution in [0.1, 0.15) is 71.6 Å². The number of benzene rings is 1. The topological polar surface area (TPSA) is 34.5 Å². The van der Waals surface area contributed by atoms with E-state index in [1.54, 1.807) is 7.11 Å². The number of hydrogen-bond donors (Lipinski definition) is 0. The number of aromatic nitrogens is 1. The highest BCUT2D eigenvalue weighted by Gasteiger charge is 2.21. The molecule has 1 amide bonds. The fraction of sp³-hybridized carbons (Fsp3) is 0.577. The van der Waals surface area contributed by atoms with Gasteiger partial charge >= 0.3 is 0 Å². The molecule has 1 atom stereocenters. The van der Waals surface area contributed by atoms with Crippen molar-refractivity contribution in [1.82, 2.24) is 9.47 Å². The van der Waals surface area contributed by atoms with Gasteiger partial charge in [0.05, 0.1) is 13.7 Å². The molecule has 0 N–H and O–H groups in total. The van der Waals surface area contributed by atoms with Crippen molar-refractivity contribution in [3.8, 4) is 5.75 Å². The number of methoxy groups -OCH3 is 1. The van der Waals surface area contributed by atoms with E-state index >= 15 is 0 Å². The Morgan fingerprint density at radius 1 is 1.20 bits per heavy atom. The molecule has 2 aromatic rings. The molecule has 1 aromatic carbocycles. The highest BCUT2D eigenvalue weighted by molar-refractivity contribution is 5.76. The van der Waals surface area contributed by atoms with Crippen molar-refractivity contribution in [1.29, 1.82) is 0 Å². The van der Waals surface area contributed by atoms with Crippen molar-refractivity contribution < 1.29 is 9.53 Å². The molecular formula is C26H40N2O2. The number of nitrogens with zero attached hydrogens (tertiary/aromatic N) is 2. The van der Waals surface area contributed by atoms with Gasteiger partial charge in [-0.2, -0.15) is 0 Å². The lowest BCUT2D eigenvalue weighted by molar-refractivity contribution is -0.133. The van der Waals surface area contributed by atoms with Crippen LogP contribution in [0, 0.1) is 11.3 Å². The van der Waals surface area contributed by atoms with Gasteiger partial charge in [-0.1, -0.05) is 53.2 Å². The second-order valence-corrected chi connectivity index (χ2v) is 9.72. The van der Waals surface area contributed by atoms with Gasteiger partial charge in [0.15, 0.2) is 0 Å². The summed E-state index contributed by atoms with van der Waals surface area (Å²) in [5.74, 6) is 1.54. The molecule has 30 heavy (non-hydrogen) atoms. The summed E-state index contributed by atoms with van der Waals surface area (Å²) in [6.45, 7) is 13.4. The lowest BCUT2D eigenvalue weighted by atomic mass is 9.84. The highest BCUT2D eigenvalue weighted by atomic mass is 16.5. The molecule has 2 rings (SSSR count). The maximum absolute atomic E-state index is 13.1. The van der Waals surface area contributed by atoms with Crippen LogP contribution in [-0.2, 0) is 17.9 Å². The first-order valence-corrected chi connectivity index (χ1v) is 11.3. The molecule has 0 radical (unpaired) electrons. The molecular weight excluding hydrogens is 372 g/mol. The second-order valence-electron chi connectivity index (χ2n) is 9.72. The van der Waals surface area contributed by atoms with Crippen LogP contribution in [0.25, 0.3) is 0 Å². The highest BCUT2D eigenvalue weighted by Crippen LogP contribution is 2.26. The lowest BCUT2D eigenvalue weighted by Crippen LogP contribution is -2.33. The van der Waals surface area contributed by atoms with Gasteiger partial charge in [-0.05, 0) is 54.0 Å². The van der Waals surface area contributed by atoms with E-state index in [1.165, 1.54) is 11.3 Å². The molecule has 1 aromatic heterocycles. The lowest BCUT2D eigenvalue weighted by Gasteiger charge is -2.27. The van der Waals surface area contributed by atoms with Gasteiger partial charge in [0.25, 0.3) is 0 Å².